The minimum Gasteiger partial charge on any atom is -0.496 e. The average Bonchev–Trinajstić information content (AvgIpc) is 2.45. The van der Waals surface area contributed by atoms with E-state index in [1.165, 1.54) is 0 Å². The highest BCUT2D eigenvalue weighted by molar-refractivity contribution is 6.01. The van der Waals surface area contributed by atoms with Crippen LogP contribution in [0.15, 0.2) is 36.4 Å². The van der Waals surface area contributed by atoms with Gasteiger partial charge in [0.25, 0.3) is 5.91 Å². The van der Waals surface area contributed by atoms with Gasteiger partial charge in [-0.15, -0.1) is 0 Å². The first kappa shape index (κ1) is 14.4. The number of ether oxygens (including phenoxy) is 1. The molecule has 2 aromatic rings. The van der Waals surface area contributed by atoms with Crippen molar-refractivity contribution in [3.63, 3.8) is 0 Å². The highest BCUT2D eigenvalue weighted by Crippen LogP contribution is 2.26. The van der Waals surface area contributed by atoms with Crippen LogP contribution in [0.4, 0.5) is 0 Å². The first-order valence-corrected chi connectivity index (χ1v) is 7.03. The minimum absolute atomic E-state index is 0.0754. The molecule has 0 saturated carbocycles. The summed E-state index contributed by atoms with van der Waals surface area (Å²) in [6.07, 6.45) is 2.03. The maximum absolute atomic E-state index is 12.4. The van der Waals surface area contributed by atoms with Crippen molar-refractivity contribution in [2.45, 2.75) is 32.7 Å². The van der Waals surface area contributed by atoms with Gasteiger partial charge in [-0.1, -0.05) is 37.6 Å². The zero-order valence-corrected chi connectivity index (χ0v) is 12.3. The van der Waals surface area contributed by atoms with E-state index < -0.39 is 0 Å². The molecule has 20 heavy (non-hydrogen) atoms. The topological polar surface area (TPSA) is 38.3 Å². The number of carbonyl (C=O) groups excluding carboxylic acids is 1. The molecule has 0 saturated heterocycles. The van der Waals surface area contributed by atoms with Gasteiger partial charge in [-0.05, 0) is 36.2 Å². The number of amides is 1. The largest absolute Gasteiger partial charge is 0.496 e. The SMILES string of the molecule is CCC[C@H](C)NC(=O)c1cc2ccccc2cc1OC. The second-order valence-electron chi connectivity index (χ2n) is 5.06. The fourth-order valence-electron chi connectivity index (χ4n) is 2.37. The van der Waals surface area contributed by atoms with Crippen molar-refractivity contribution in [2.75, 3.05) is 7.11 Å². The van der Waals surface area contributed by atoms with Gasteiger partial charge in [0.05, 0.1) is 12.7 Å². The summed E-state index contributed by atoms with van der Waals surface area (Å²) in [5.74, 6) is 0.540. The molecule has 0 heterocycles. The first-order valence-electron chi connectivity index (χ1n) is 7.03. The van der Waals surface area contributed by atoms with E-state index in [-0.39, 0.29) is 11.9 Å². The zero-order valence-electron chi connectivity index (χ0n) is 12.3. The molecule has 2 aromatic carbocycles. The van der Waals surface area contributed by atoms with Gasteiger partial charge in [0.2, 0.25) is 0 Å². The Morgan fingerprint density at radius 1 is 1.25 bits per heavy atom. The van der Waals surface area contributed by atoms with E-state index in [4.69, 9.17) is 4.74 Å². The highest BCUT2D eigenvalue weighted by atomic mass is 16.5. The first-order chi connectivity index (χ1) is 9.65. The molecule has 106 valence electrons. The molecule has 0 aliphatic rings. The van der Waals surface area contributed by atoms with Crippen LogP contribution in [0.25, 0.3) is 10.8 Å². The van der Waals surface area contributed by atoms with Crippen molar-refractivity contribution >= 4 is 16.7 Å². The average molecular weight is 271 g/mol. The smallest absolute Gasteiger partial charge is 0.255 e. The Bertz CT molecular complexity index is 607. The van der Waals surface area contributed by atoms with Crippen LogP contribution in [0, 0.1) is 0 Å². The zero-order chi connectivity index (χ0) is 14.5. The van der Waals surface area contributed by atoms with E-state index in [2.05, 4.69) is 12.2 Å². The molecule has 1 N–H and O–H groups in total. The lowest BCUT2D eigenvalue weighted by molar-refractivity contribution is 0.0935. The highest BCUT2D eigenvalue weighted by Gasteiger charge is 2.15. The van der Waals surface area contributed by atoms with E-state index in [1.807, 2.05) is 43.3 Å². The van der Waals surface area contributed by atoms with Crippen molar-refractivity contribution in [1.29, 1.82) is 0 Å². The molecule has 0 aliphatic heterocycles. The predicted molar refractivity (Wildman–Crippen MR) is 82.3 cm³/mol. The molecule has 3 nitrogen and oxygen atoms in total. The van der Waals surface area contributed by atoms with Crippen molar-refractivity contribution in [3.8, 4) is 5.75 Å². The molecule has 0 unspecified atom stereocenters. The predicted octanol–water partition coefficient (Wildman–Crippen LogP) is 3.77. The standard InChI is InChI=1S/C17H21NO2/c1-4-7-12(2)18-17(19)15-10-13-8-5-6-9-14(13)11-16(15)20-3/h5-6,8-12H,4,7H2,1-3H3,(H,18,19)/t12-/m0/s1. The molecule has 0 bridgehead atoms. The lowest BCUT2D eigenvalue weighted by Crippen LogP contribution is -2.32. The quantitative estimate of drug-likeness (QED) is 0.899. The molecule has 1 atom stereocenters. The third-order valence-corrected chi connectivity index (χ3v) is 3.41. The molecule has 0 fully saturated rings. The lowest BCUT2D eigenvalue weighted by atomic mass is 10.0. The van der Waals surface area contributed by atoms with E-state index in [1.54, 1.807) is 7.11 Å². The number of rotatable bonds is 5. The second-order valence-corrected chi connectivity index (χ2v) is 5.06. The number of hydrogen-bond donors (Lipinski definition) is 1. The Balaban J connectivity index is 2.34. The summed E-state index contributed by atoms with van der Waals surface area (Å²) in [4.78, 5) is 12.4. The monoisotopic (exact) mass is 271 g/mol. The van der Waals surface area contributed by atoms with Crippen molar-refractivity contribution in [3.05, 3.63) is 42.0 Å². The van der Waals surface area contributed by atoms with Crippen LogP contribution < -0.4 is 10.1 Å². The van der Waals surface area contributed by atoms with Crippen LogP contribution in [0.2, 0.25) is 0 Å². The molecule has 0 radical (unpaired) electrons. The van der Waals surface area contributed by atoms with Crippen molar-refractivity contribution < 1.29 is 9.53 Å². The summed E-state index contributed by atoms with van der Waals surface area (Å²) < 4.78 is 5.36. The number of hydrogen-bond acceptors (Lipinski definition) is 2. The number of fused-ring (bicyclic) bond motifs is 1. The van der Waals surface area contributed by atoms with Crippen LogP contribution in [0.1, 0.15) is 37.0 Å². The number of carbonyl (C=O) groups is 1. The van der Waals surface area contributed by atoms with E-state index in [9.17, 15) is 4.79 Å². The Hall–Kier alpha value is -2.03. The summed E-state index contributed by atoms with van der Waals surface area (Å²) in [5.41, 5.74) is 0.592. The van der Waals surface area contributed by atoms with Crippen LogP contribution in [-0.2, 0) is 0 Å². The lowest BCUT2D eigenvalue weighted by Gasteiger charge is -2.15. The normalized spacial score (nSPS) is 12.2. The fraction of sp³-hybridized carbons (Fsp3) is 0.353. The summed E-state index contributed by atoms with van der Waals surface area (Å²) in [5, 5.41) is 5.13. The van der Waals surface area contributed by atoms with Gasteiger partial charge < -0.3 is 10.1 Å². The number of benzene rings is 2. The number of nitrogens with one attached hydrogen (secondary N) is 1. The summed E-state index contributed by atoms with van der Waals surface area (Å²) in [6.45, 7) is 4.13. The molecule has 0 aliphatic carbocycles. The van der Waals surface area contributed by atoms with Crippen LogP contribution in [0.3, 0.4) is 0 Å². The molecule has 1 amide bonds. The van der Waals surface area contributed by atoms with Gasteiger partial charge in [-0.25, -0.2) is 0 Å². The van der Waals surface area contributed by atoms with Crippen molar-refractivity contribution in [2.24, 2.45) is 0 Å². The molecule has 2 rings (SSSR count). The molecular formula is C17H21NO2. The summed E-state index contributed by atoms with van der Waals surface area (Å²) in [6, 6.07) is 11.9. The Labute approximate surface area is 119 Å². The molecule has 0 spiro atoms. The van der Waals surface area contributed by atoms with Crippen LogP contribution >= 0.6 is 0 Å². The van der Waals surface area contributed by atoms with E-state index >= 15 is 0 Å². The molecular weight excluding hydrogens is 250 g/mol. The Morgan fingerprint density at radius 2 is 1.90 bits per heavy atom. The molecule has 3 heteroatoms. The minimum atomic E-state index is -0.0754. The van der Waals surface area contributed by atoms with Gasteiger partial charge >= 0.3 is 0 Å². The van der Waals surface area contributed by atoms with Gasteiger partial charge in [-0.2, -0.15) is 0 Å². The van der Waals surface area contributed by atoms with Gasteiger partial charge in [0, 0.05) is 6.04 Å². The van der Waals surface area contributed by atoms with E-state index in [0.29, 0.717) is 11.3 Å². The third kappa shape index (κ3) is 3.10. The number of methoxy groups -OCH3 is 1. The van der Waals surface area contributed by atoms with Crippen LogP contribution in [-0.4, -0.2) is 19.1 Å². The Kier molecular flexibility index (Phi) is 4.61. The van der Waals surface area contributed by atoms with Crippen LogP contribution in [0.5, 0.6) is 5.75 Å². The second kappa shape index (κ2) is 6.42. The van der Waals surface area contributed by atoms with Crippen molar-refractivity contribution in [1.82, 2.24) is 5.32 Å². The summed E-state index contributed by atoms with van der Waals surface area (Å²) >= 11 is 0. The molecule has 0 aromatic heterocycles. The maximum atomic E-state index is 12.4. The van der Waals surface area contributed by atoms with Gasteiger partial charge in [-0.3, -0.25) is 4.79 Å². The third-order valence-electron chi connectivity index (χ3n) is 3.41. The van der Waals surface area contributed by atoms with Gasteiger partial charge in [0.1, 0.15) is 5.75 Å². The summed E-state index contributed by atoms with van der Waals surface area (Å²) in [7, 11) is 1.59. The maximum Gasteiger partial charge on any atom is 0.255 e. The Morgan fingerprint density at radius 3 is 2.50 bits per heavy atom. The fourth-order valence-corrected chi connectivity index (χ4v) is 2.37. The van der Waals surface area contributed by atoms with Gasteiger partial charge in [0.15, 0.2) is 0 Å². The van der Waals surface area contributed by atoms with E-state index in [0.717, 1.165) is 23.6 Å².